The van der Waals surface area contributed by atoms with Crippen LogP contribution in [0, 0.1) is 11.6 Å². The lowest BCUT2D eigenvalue weighted by molar-refractivity contribution is 0.0336. The number of ether oxygens (including phenoxy) is 1. The van der Waals surface area contributed by atoms with Crippen LogP contribution in [0.4, 0.5) is 8.78 Å². The molecule has 2 aromatic heterocycles. The van der Waals surface area contributed by atoms with E-state index in [9.17, 15) is 18.4 Å². The molecule has 3 heterocycles. The maximum absolute atomic E-state index is 14.0. The fourth-order valence-electron chi connectivity index (χ4n) is 3.96. The van der Waals surface area contributed by atoms with Crippen molar-refractivity contribution in [1.29, 1.82) is 0 Å². The fourth-order valence-corrected chi connectivity index (χ4v) is 3.96. The number of halogens is 2. The molecule has 5 rings (SSSR count). The molecule has 0 radical (unpaired) electrons. The largest absolute Gasteiger partial charge is 0.373 e. The van der Waals surface area contributed by atoms with Gasteiger partial charge < -0.3 is 19.6 Å². The highest BCUT2D eigenvalue weighted by Crippen LogP contribution is 2.34. The Hall–Kier alpha value is -3.59. The summed E-state index contributed by atoms with van der Waals surface area (Å²) in [6, 6.07) is 6.40. The van der Waals surface area contributed by atoms with Gasteiger partial charge in [-0.15, -0.1) is 0 Å². The lowest BCUT2D eigenvalue weighted by Crippen LogP contribution is -2.37. The van der Waals surface area contributed by atoms with Gasteiger partial charge in [0.25, 0.3) is 11.5 Å². The number of amides is 1. The quantitative estimate of drug-likeness (QED) is 0.532. The molecule has 7 nitrogen and oxygen atoms in total. The standard InChI is InChI=1S/C21H16F2N4O3/c1-27(21(29)10-2-3-15-16(4-10)25-9-24-15)18-8-30-7-17-19(18)11-5-13(22)14(23)6-12(11)20(28)26-17/h2-6,9,18H,7-8H2,1H3,(H,24,25)(H,26,28)/t18-/m1/s1. The van der Waals surface area contributed by atoms with Gasteiger partial charge in [-0.2, -0.15) is 0 Å². The molecule has 0 saturated carbocycles. The van der Waals surface area contributed by atoms with E-state index in [4.69, 9.17) is 4.74 Å². The van der Waals surface area contributed by atoms with E-state index in [1.807, 2.05) is 0 Å². The molecule has 1 aliphatic rings. The molecule has 0 bridgehead atoms. The number of imidazole rings is 1. The van der Waals surface area contributed by atoms with Crippen LogP contribution in [-0.2, 0) is 11.3 Å². The Labute approximate surface area is 168 Å². The first-order chi connectivity index (χ1) is 14.4. The third-order valence-corrected chi connectivity index (χ3v) is 5.50. The van der Waals surface area contributed by atoms with E-state index in [0.29, 0.717) is 16.8 Å². The first-order valence-electron chi connectivity index (χ1n) is 9.26. The normalized spacial score (nSPS) is 16.0. The van der Waals surface area contributed by atoms with Crippen molar-refractivity contribution in [2.45, 2.75) is 12.6 Å². The van der Waals surface area contributed by atoms with Gasteiger partial charge in [0, 0.05) is 23.9 Å². The Bertz CT molecular complexity index is 1380. The number of carbonyl (C=O) groups is 1. The van der Waals surface area contributed by atoms with E-state index < -0.39 is 23.2 Å². The van der Waals surface area contributed by atoms with E-state index in [0.717, 1.165) is 23.2 Å². The number of H-pyrrole nitrogens is 2. The summed E-state index contributed by atoms with van der Waals surface area (Å²) in [6.45, 7) is 0.264. The number of aromatic nitrogens is 3. The van der Waals surface area contributed by atoms with E-state index in [2.05, 4.69) is 15.0 Å². The zero-order valence-electron chi connectivity index (χ0n) is 15.8. The number of pyridine rings is 1. The predicted octanol–water partition coefficient (Wildman–Crippen LogP) is 3.03. The first kappa shape index (κ1) is 18.4. The zero-order chi connectivity index (χ0) is 21.0. The molecular formula is C21H16F2N4O3. The molecule has 152 valence electrons. The molecule has 9 heteroatoms. The van der Waals surface area contributed by atoms with Crippen LogP contribution in [0.1, 0.15) is 27.7 Å². The van der Waals surface area contributed by atoms with E-state index in [1.54, 1.807) is 31.6 Å². The molecule has 0 saturated heterocycles. The number of carbonyl (C=O) groups excluding carboxylic acids is 1. The van der Waals surface area contributed by atoms with Crippen LogP contribution >= 0.6 is 0 Å². The summed E-state index contributed by atoms with van der Waals surface area (Å²) in [4.78, 5) is 36.8. The molecule has 0 aliphatic carbocycles. The number of hydrogen-bond donors (Lipinski definition) is 2. The number of likely N-dealkylation sites (N-methyl/N-ethyl adjacent to an activating group) is 1. The molecule has 0 spiro atoms. The Morgan fingerprint density at radius 1 is 1.20 bits per heavy atom. The van der Waals surface area contributed by atoms with Gasteiger partial charge in [0.2, 0.25) is 0 Å². The summed E-state index contributed by atoms with van der Waals surface area (Å²) in [5.74, 6) is -2.44. The minimum absolute atomic E-state index is 0.0271. The van der Waals surface area contributed by atoms with Gasteiger partial charge in [0.15, 0.2) is 11.6 Å². The summed E-state index contributed by atoms with van der Waals surface area (Å²) in [5, 5.41) is 0.295. The van der Waals surface area contributed by atoms with Crippen molar-refractivity contribution in [3.63, 3.8) is 0 Å². The maximum Gasteiger partial charge on any atom is 0.256 e. The number of rotatable bonds is 2. The van der Waals surface area contributed by atoms with Crippen LogP contribution in [0.15, 0.2) is 41.5 Å². The maximum atomic E-state index is 14.0. The van der Waals surface area contributed by atoms with Crippen molar-refractivity contribution >= 4 is 27.7 Å². The topological polar surface area (TPSA) is 91.1 Å². The van der Waals surface area contributed by atoms with Crippen LogP contribution in [0.5, 0.6) is 0 Å². The number of fused-ring (bicyclic) bond motifs is 4. The van der Waals surface area contributed by atoms with Crippen molar-refractivity contribution in [1.82, 2.24) is 19.9 Å². The second-order valence-electron chi connectivity index (χ2n) is 7.24. The van der Waals surface area contributed by atoms with E-state index in [1.165, 1.54) is 4.90 Å². The van der Waals surface area contributed by atoms with Crippen molar-refractivity contribution in [3.05, 3.63) is 75.5 Å². The summed E-state index contributed by atoms with van der Waals surface area (Å²) in [6.07, 6.45) is 1.55. The fraction of sp³-hybridized carbons (Fsp3) is 0.190. The highest BCUT2D eigenvalue weighted by atomic mass is 19.2. The zero-order valence-corrected chi connectivity index (χ0v) is 15.8. The summed E-state index contributed by atoms with van der Waals surface area (Å²) >= 11 is 0. The first-order valence-corrected chi connectivity index (χ1v) is 9.26. The second-order valence-corrected chi connectivity index (χ2v) is 7.24. The molecule has 30 heavy (non-hydrogen) atoms. The number of nitrogens with one attached hydrogen (secondary N) is 2. The molecule has 2 aromatic carbocycles. The predicted molar refractivity (Wildman–Crippen MR) is 105 cm³/mol. The third-order valence-electron chi connectivity index (χ3n) is 5.50. The van der Waals surface area contributed by atoms with Gasteiger partial charge in [-0.3, -0.25) is 9.59 Å². The van der Waals surface area contributed by atoms with Crippen molar-refractivity contribution in [2.75, 3.05) is 13.7 Å². The summed E-state index contributed by atoms with van der Waals surface area (Å²) in [7, 11) is 1.61. The Kier molecular flexibility index (Phi) is 4.14. The van der Waals surface area contributed by atoms with Crippen LogP contribution in [0.25, 0.3) is 21.8 Å². The van der Waals surface area contributed by atoms with Gasteiger partial charge in [-0.05, 0) is 35.7 Å². The average Bonchev–Trinajstić information content (AvgIpc) is 3.21. The number of hydrogen-bond acceptors (Lipinski definition) is 4. The molecule has 2 N–H and O–H groups in total. The summed E-state index contributed by atoms with van der Waals surface area (Å²) < 4.78 is 33.3. The molecule has 1 amide bonds. The smallest absolute Gasteiger partial charge is 0.256 e. The van der Waals surface area contributed by atoms with Gasteiger partial charge >= 0.3 is 0 Å². The van der Waals surface area contributed by atoms with Gasteiger partial charge in [-0.25, -0.2) is 13.8 Å². The van der Waals surface area contributed by atoms with Crippen LogP contribution in [0.2, 0.25) is 0 Å². The number of benzene rings is 2. The Balaban J connectivity index is 1.62. The van der Waals surface area contributed by atoms with Crippen molar-refractivity contribution < 1.29 is 18.3 Å². The molecule has 4 aromatic rings. The van der Waals surface area contributed by atoms with Gasteiger partial charge in [0.05, 0.1) is 42.0 Å². The molecular weight excluding hydrogens is 394 g/mol. The second kappa shape index (κ2) is 6.74. The number of aromatic amines is 2. The molecule has 1 atom stereocenters. The average molecular weight is 410 g/mol. The van der Waals surface area contributed by atoms with Gasteiger partial charge in [0.1, 0.15) is 0 Å². The van der Waals surface area contributed by atoms with Gasteiger partial charge in [-0.1, -0.05) is 0 Å². The molecule has 1 aliphatic heterocycles. The Morgan fingerprint density at radius 3 is 2.77 bits per heavy atom. The lowest BCUT2D eigenvalue weighted by atomic mass is 9.95. The van der Waals surface area contributed by atoms with Crippen LogP contribution in [0.3, 0.4) is 0 Å². The Morgan fingerprint density at radius 2 is 1.97 bits per heavy atom. The SMILES string of the molecule is CN(C(=O)c1ccc2nc[nH]c2c1)[C@@H]1COCc2[nH]c(=O)c3cc(F)c(F)cc3c21. The van der Waals surface area contributed by atoms with Crippen molar-refractivity contribution in [2.24, 2.45) is 0 Å². The number of nitrogens with zero attached hydrogens (tertiary/aromatic N) is 2. The van der Waals surface area contributed by atoms with E-state index in [-0.39, 0.29) is 29.9 Å². The van der Waals surface area contributed by atoms with Crippen LogP contribution in [-0.4, -0.2) is 39.4 Å². The minimum Gasteiger partial charge on any atom is -0.373 e. The monoisotopic (exact) mass is 410 g/mol. The van der Waals surface area contributed by atoms with Crippen molar-refractivity contribution in [3.8, 4) is 0 Å². The highest BCUT2D eigenvalue weighted by Gasteiger charge is 2.31. The molecule has 0 fully saturated rings. The minimum atomic E-state index is -1.10. The summed E-state index contributed by atoms with van der Waals surface area (Å²) in [5.41, 5.74) is 2.35. The third kappa shape index (κ3) is 2.78. The highest BCUT2D eigenvalue weighted by molar-refractivity contribution is 5.98. The van der Waals surface area contributed by atoms with Crippen LogP contribution < -0.4 is 5.56 Å². The molecule has 0 unspecified atom stereocenters. The van der Waals surface area contributed by atoms with E-state index >= 15 is 0 Å². The lowest BCUT2D eigenvalue weighted by Gasteiger charge is -2.34.